The molecular formula is C66H116O6. The quantitative estimate of drug-likeness (QED) is 0.0261. The standard InChI is InChI=1S/C66H116O6/c1-4-7-10-13-16-18-20-22-24-26-28-30-32-33-35-36-38-40-42-44-46-48-50-53-56-59-65(68)71-62-63(61-70-64(67)58-55-52-15-12-9-6-3)72-66(69)60-57-54-51-49-47-45-43-41-39-37-34-31-29-27-25-23-21-19-17-14-11-8-5-2/h20-23,26-29,32-34,37,63H,4-19,24-25,30-31,35-36,38-62H2,1-3H3/b22-20-,23-21-,28-26-,29-27-,33-32-,37-34-. The molecule has 0 bridgehead atoms. The fourth-order valence-corrected chi connectivity index (χ4v) is 8.75. The Balaban J connectivity index is 4.14. The van der Waals surface area contributed by atoms with E-state index < -0.39 is 6.10 Å². The first-order valence-electron chi connectivity index (χ1n) is 30.9. The lowest BCUT2D eigenvalue weighted by Crippen LogP contribution is -2.30. The maximum atomic E-state index is 12.8. The Bertz CT molecular complexity index is 1340. The normalized spacial score (nSPS) is 12.5. The molecule has 6 nitrogen and oxygen atoms in total. The van der Waals surface area contributed by atoms with Crippen molar-refractivity contribution in [2.24, 2.45) is 0 Å². The average Bonchev–Trinajstić information content (AvgIpc) is 3.38. The summed E-state index contributed by atoms with van der Waals surface area (Å²) in [7, 11) is 0. The highest BCUT2D eigenvalue weighted by Crippen LogP contribution is 2.16. The largest absolute Gasteiger partial charge is 0.462 e. The van der Waals surface area contributed by atoms with Crippen molar-refractivity contribution in [3.05, 3.63) is 72.9 Å². The molecule has 0 heterocycles. The molecule has 0 spiro atoms. The summed E-state index contributed by atoms with van der Waals surface area (Å²) in [6, 6.07) is 0. The number of esters is 3. The average molecular weight is 1010 g/mol. The van der Waals surface area contributed by atoms with Crippen LogP contribution in [0.4, 0.5) is 0 Å². The Kier molecular flexibility index (Phi) is 57.8. The molecule has 0 aliphatic rings. The summed E-state index contributed by atoms with van der Waals surface area (Å²) < 4.78 is 16.8. The van der Waals surface area contributed by atoms with Crippen molar-refractivity contribution >= 4 is 17.9 Å². The first-order valence-corrected chi connectivity index (χ1v) is 30.9. The van der Waals surface area contributed by atoms with Crippen LogP contribution in [0.5, 0.6) is 0 Å². The maximum absolute atomic E-state index is 12.8. The van der Waals surface area contributed by atoms with Crippen LogP contribution in [-0.2, 0) is 28.6 Å². The van der Waals surface area contributed by atoms with Gasteiger partial charge in [0.05, 0.1) is 0 Å². The summed E-state index contributed by atoms with van der Waals surface area (Å²) >= 11 is 0. The van der Waals surface area contributed by atoms with Gasteiger partial charge in [0.2, 0.25) is 0 Å². The first kappa shape index (κ1) is 68.8. The van der Waals surface area contributed by atoms with Gasteiger partial charge in [-0.1, -0.05) is 267 Å². The van der Waals surface area contributed by atoms with Crippen LogP contribution in [0.1, 0.15) is 310 Å². The van der Waals surface area contributed by atoms with E-state index in [1.807, 2.05) is 0 Å². The molecule has 0 rings (SSSR count). The van der Waals surface area contributed by atoms with Crippen molar-refractivity contribution in [1.82, 2.24) is 0 Å². The van der Waals surface area contributed by atoms with Crippen molar-refractivity contribution in [3.63, 3.8) is 0 Å². The molecule has 0 aliphatic carbocycles. The van der Waals surface area contributed by atoms with Gasteiger partial charge in [0, 0.05) is 19.3 Å². The molecule has 6 heteroatoms. The number of allylic oxidation sites excluding steroid dienone is 12. The van der Waals surface area contributed by atoms with Gasteiger partial charge in [-0.05, 0) is 96.3 Å². The molecule has 72 heavy (non-hydrogen) atoms. The van der Waals surface area contributed by atoms with E-state index in [1.165, 1.54) is 180 Å². The summed E-state index contributed by atoms with van der Waals surface area (Å²) in [6.07, 6.45) is 77.9. The zero-order valence-electron chi connectivity index (χ0n) is 47.7. The van der Waals surface area contributed by atoms with Crippen LogP contribution in [0.15, 0.2) is 72.9 Å². The van der Waals surface area contributed by atoms with Gasteiger partial charge < -0.3 is 14.2 Å². The number of rotatable bonds is 56. The summed E-state index contributed by atoms with van der Waals surface area (Å²) in [5, 5.41) is 0. The molecular weight excluding hydrogens is 889 g/mol. The van der Waals surface area contributed by atoms with Gasteiger partial charge >= 0.3 is 17.9 Å². The van der Waals surface area contributed by atoms with Gasteiger partial charge in [0.15, 0.2) is 6.10 Å². The second-order valence-corrected chi connectivity index (χ2v) is 20.6. The smallest absolute Gasteiger partial charge is 0.306 e. The third-order valence-corrected chi connectivity index (χ3v) is 13.4. The van der Waals surface area contributed by atoms with Crippen molar-refractivity contribution < 1.29 is 28.6 Å². The Morgan fingerprint density at radius 3 is 0.778 bits per heavy atom. The van der Waals surface area contributed by atoms with E-state index in [4.69, 9.17) is 14.2 Å². The Hall–Kier alpha value is -3.15. The van der Waals surface area contributed by atoms with E-state index in [-0.39, 0.29) is 31.1 Å². The molecule has 1 atom stereocenters. The van der Waals surface area contributed by atoms with E-state index in [0.717, 1.165) is 89.9 Å². The van der Waals surface area contributed by atoms with Gasteiger partial charge in [-0.2, -0.15) is 0 Å². The summed E-state index contributed by atoms with van der Waals surface area (Å²) in [5.41, 5.74) is 0. The van der Waals surface area contributed by atoms with E-state index in [9.17, 15) is 14.4 Å². The minimum absolute atomic E-state index is 0.0789. The van der Waals surface area contributed by atoms with Crippen molar-refractivity contribution in [3.8, 4) is 0 Å². The molecule has 0 aromatic carbocycles. The third kappa shape index (κ3) is 57.7. The first-order chi connectivity index (χ1) is 35.5. The minimum Gasteiger partial charge on any atom is -0.462 e. The monoisotopic (exact) mass is 1000 g/mol. The molecule has 0 saturated carbocycles. The molecule has 0 radical (unpaired) electrons. The summed E-state index contributed by atoms with van der Waals surface area (Å²) in [6.45, 7) is 6.57. The lowest BCUT2D eigenvalue weighted by atomic mass is 10.1. The topological polar surface area (TPSA) is 78.9 Å². The highest BCUT2D eigenvalue weighted by Gasteiger charge is 2.19. The fourth-order valence-electron chi connectivity index (χ4n) is 8.75. The van der Waals surface area contributed by atoms with E-state index in [1.54, 1.807) is 0 Å². The molecule has 0 aromatic heterocycles. The molecule has 0 N–H and O–H groups in total. The van der Waals surface area contributed by atoms with Crippen LogP contribution in [0, 0.1) is 0 Å². The highest BCUT2D eigenvalue weighted by atomic mass is 16.6. The molecule has 0 saturated heterocycles. The second-order valence-electron chi connectivity index (χ2n) is 20.6. The van der Waals surface area contributed by atoms with Gasteiger partial charge in [-0.15, -0.1) is 0 Å². The Morgan fingerprint density at radius 1 is 0.278 bits per heavy atom. The van der Waals surface area contributed by atoms with E-state index >= 15 is 0 Å². The Labute approximate surface area is 446 Å². The number of carbonyl (C=O) groups excluding carboxylic acids is 3. The fraction of sp³-hybridized carbons (Fsp3) is 0.773. The molecule has 0 fully saturated rings. The molecule has 0 aliphatic heterocycles. The maximum Gasteiger partial charge on any atom is 0.306 e. The predicted octanol–water partition coefficient (Wildman–Crippen LogP) is 20.9. The summed E-state index contributed by atoms with van der Waals surface area (Å²) in [4.78, 5) is 38.0. The second kappa shape index (κ2) is 60.4. The van der Waals surface area contributed by atoms with Crippen molar-refractivity contribution in [1.29, 1.82) is 0 Å². The van der Waals surface area contributed by atoms with Crippen LogP contribution in [-0.4, -0.2) is 37.2 Å². The van der Waals surface area contributed by atoms with Gasteiger partial charge in [0.25, 0.3) is 0 Å². The molecule has 0 amide bonds. The van der Waals surface area contributed by atoms with Crippen molar-refractivity contribution in [2.45, 2.75) is 316 Å². The zero-order chi connectivity index (χ0) is 52.2. The molecule has 0 aromatic rings. The number of hydrogen-bond donors (Lipinski definition) is 0. The molecule has 416 valence electrons. The number of ether oxygens (including phenoxy) is 3. The van der Waals surface area contributed by atoms with E-state index in [0.29, 0.717) is 19.3 Å². The van der Waals surface area contributed by atoms with E-state index in [2.05, 4.69) is 93.7 Å². The number of carbonyl (C=O) groups is 3. The van der Waals surface area contributed by atoms with Crippen molar-refractivity contribution in [2.75, 3.05) is 13.2 Å². The zero-order valence-corrected chi connectivity index (χ0v) is 47.7. The van der Waals surface area contributed by atoms with Crippen LogP contribution in [0.2, 0.25) is 0 Å². The van der Waals surface area contributed by atoms with Crippen LogP contribution < -0.4 is 0 Å². The summed E-state index contributed by atoms with van der Waals surface area (Å²) in [5.74, 6) is -0.890. The lowest BCUT2D eigenvalue weighted by Gasteiger charge is -2.18. The lowest BCUT2D eigenvalue weighted by molar-refractivity contribution is -0.167. The Morgan fingerprint density at radius 2 is 0.500 bits per heavy atom. The number of unbranched alkanes of at least 4 members (excludes halogenated alkanes) is 33. The highest BCUT2D eigenvalue weighted by molar-refractivity contribution is 5.71. The predicted molar refractivity (Wildman–Crippen MR) is 311 cm³/mol. The van der Waals surface area contributed by atoms with Gasteiger partial charge in [0.1, 0.15) is 13.2 Å². The van der Waals surface area contributed by atoms with Crippen LogP contribution in [0.3, 0.4) is 0 Å². The van der Waals surface area contributed by atoms with Crippen LogP contribution in [0.25, 0.3) is 0 Å². The molecule has 1 unspecified atom stereocenters. The van der Waals surface area contributed by atoms with Gasteiger partial charge in [-0.3, -0.25) is 14.4 Å². The minimum atomic E-state index is -0.778. The number of hydrogen-bond acceptors (Lipinski definition) is 6. The SMILES string of the molecule is CCCCCCC/C=C\C/C=C\C/C=C\CCCCCCCCCCCCC(=O)OCC(COC(=O)CCCCCCCC)OC(=O)CCCCCCCCCC/C=C\C/C=C\C/C=C\CCCCCCC. The third-order valence-electron chi connectivity index (χ3n) is 13.4. The van der Waals surface area contributed by atoms with Crippen LogP contribution >= 0.6 is 0 Å². The van der Waals surface area contributed by atoms with Gasteiger partial charge in [-0.25, -0.2) is 0 Å².